The molecule has 4 nitrogen and oxygen atoms in total. The fraction of sp³-hybridized carbons (Fsp3) is 1.00. The molecule has 1 rings (SSSR count). The Hall–Kier alpha value is -0.130. The van der Waals surface area contributed by atoms with Crippen molar-refractivity contribution in [2.75, 3.05) is 31.9 Å². The molecule has 0 aromatic rings. The molecule has 1 saturated heterocycles. The molecule has 1 aliphatic rings. The van der Waals surface area contributed by atoms with Crippen LogP contribution in [0.2, 0.25) is 0 Å². The normalized spacial score (nSPS) is 20.4. The number of likely N-dealkylation sites (tertiary alicyclic amines) is 1. The quantitative estimate of drug-likeness (QED) is 0.755. The van der Waals surface area contributed by atoms with Crippen LogP contribution in [-0.2, 0) is 10.0 Å². The first-order valence-corrected chi connectivity index (χ1v) is 8.38. The third-order valence-electron chi connectivity index (χ3n) is 3.14. The van der Waals surface area contributed by atoms with E-state index >= 15 is 0 Å². The molecule has 1 unspecified atom stereocenters. The second-order valence-corrected chi connectivity index (χ2v) is 7.06. The molecule has 1 fully saturated rings. The first kappa shape index (κ1) is 14.9. The molecule has 0 radical (unpaired) electrons. The summed E-state index contributed by atoms with van der Waals surface area (Å²) in [5.41, 5.74) is 0. The molecular formula is C12H26N2O2S. The van der Waals surface area contributed by atoms with Crippen molar-refractivity contribution in [2.45, 2.75) is 39.5 Å². The Balaban J connectivity index is 2.22. The second-order valence-electron chi connectivity index (χ2n) is 5.13. The Labute approximate surface area is 106 Å². The van der Waals surface area contributed by atoms with E-state index in [4.69, 9.17) is 0 Å². The summed E-state index contributed by atoms with van der Waals surface area (Å²) in [5.74, 6) is 0.628. The minimum Gasteiger partial charge on any atom is -0.303 e. The summed E-state index contributed by atoms with van der Waals surface area (Å²) in [6.45, 7) is 7.92. The zero-order valence-corrected chi connectivity index (χ0v) is 11.9. The van der Waals surface area contributed by atoms with Crippen molar-refractivity contribution in [3.8, 4) is 0 Å². The Bertz CT molecular complexity index is 298. The molecule has 0 aliphatic carbocycles. The van der Waals surface area contributed by atoms with E-state index in [1.807, 2.05) is 6.92 Å². The Kier molecular flexibility index (Phi) is 6.44. The summed E-state index contributed by atoms with van der Waals surface area (Å²) in [6, 6.07) is 0. The van der Waals surface area contributed by atoms with Crippen molar-refractivity contribution >= 4 is 10.0 Å². The van der Waals surface area contributed by atoms with Crippen LogP contribution in [0, 0.1) is 5.92 Å². The Morgan fingerprint density at radius 2 is 1.88 bits per heavy atom. The standard InChI is InChI=1S/C12H26N2O2S/c1-3-9-17(15,16)13-10-12(2)11-14-7-5-4-6-8-14/h12-13H,3-11H2,1-2H3. The SMILES string of the molecule is CCCS(=O)(=O)NCC(C)CN1CCCCC1. The van der Waals surface area contributed by atoms with E-state index in [0.717, 1.165) is 6.54 Å². The summed E-state index contributed by atoms with van der Waals surface area (Å²) in [7, 11) is -3.04. The summed E-state index contributed by atoms with van der Waals surface area (Å²) in [4.78, 5) is 2.45. The largest absolute Gasteiger partial charge is 0.303 e. The number of sulfonamides is 1. The van der Waals surface area contributed by atoms with E-state index in [1.54, 1.807) is 0 Å². The van der Waals surface area contributed by atoms with E-state index in [-0.39, 0.29) is 5.75 Å². The van der Waals surface area contributed by atoms with Crippen LogP contribution in [0.4, 0.5) is 0 Å². The van der Waals surface area contributed by atoms with Crippen LogP contribution < -0.4 is 4.72 Å². The van der Waals surface area contributed by atoms with Crippen molar-refractivity contribution < 1.29 is 8.42 Å². The maximum absolute atomic E-state index is 11.5. The van der Waals surface area contributed by atoms with Crippen LogP contribution in [0.1, 0.15) is 39.5 Å². The first-order valence-electron chi connectivity index (χ1n) is 6.73. The van der Waals surface area contributed by atoms with E-state index in [1.165, 1.54) is 32.4 Å². The monoisotopic (exact) mass is 262 g/mol. The van der Waals surface area contributed by atoms with Crippen molar-refractivity contribution in [2.24, 2.45) is 5.92 Å². The lowest BCUT2D eigenvalue weighted by atomic mass is 10.1. The van der Waals surface area contributed by atoms with E-state index in [9.17, 15) is 8.42 Å². The highest BCUT2D eigenvalue weighted by Gasteiger charge is 2.15. The van der Waals surface area contributed by atoms with Gasteiger partial charge in [0.05, 0.1) is 5.75 Å². The average molecular weight is 262 g/mol. The molecule has 0 spiro atoms. The number of nitrogens with one attached hydrogen (secondary N) is 1. The molecule has 17 heavy (non-hydrogen) atoms. The fourth-order valence-corrected chi connectivity index (χ4v) is 3.48. The van der Waals surface area contributed by atoms with Gasteiger partial charge in [-0.2, -0.15) is 0 Å². The molecule has 0 aromatic heterocycles. The van der Waals surface area contributed by atoms with Gasteiger partial charge in [0.25, 0.3) is 0 Å². The molecule has 1 heterocycles. The third-order valence-corrected chi connectivity index (χ3v) is 4.70. The lowest BCUT2D eigenvalue weighted by Crippen LogP contribution is -2.38. The van der Waals surface area contributed by atoms with E-state index < -0.39 is 10.0 Å². The molecule has 0 aromatic carbocycles. The number of hydrogen-bond acceptors (Lipinski definition) is 3. The second kappa shape index (κ2) is 7.34. The average Bonchev–Trinajstić information content (AvgIpc) is 2.28. The summed E-state index contributed by atoms with van der Waals surface area (Å²) in [6.07, 6.45) is 4.59. The van der Waals surface area contributed by atoms with Crippen molar-refractivity contribution in [3.63, 3.8) is 0 Å². The van der Waals surface area contributed by atoms with Crippen molar-refractivity contribution in [3.05, 3.63) is 0 Å². The minimum atomic E-state index is -3.04. The van der Waals surface area contributed by atoms with Crippen LogP contribution in [0.25, 0.3) is 0 Å². The summed E-state index contributed by atoms with van der Waals surface area (Å²) in [5, 5.41) is 0. The summed E-state index contributed by atoms with van der Waals surface area (Å²) >= 11 is 0. The van der Waals surface area contributed by atoms with Gasteiger partial charge in [-0.25, -0.2) is 13.1 Å². The van der Waals surface area contributed by atoms with Gasteiger partial charge in [0.2, 0.25) is 10.0 Å². The van der Waals surface area contributed by atoms with Crippen molar-refractivity contribution in [1.29, 1.82) is 0 Å². The van der Waals surface area contributed by atoms with E-state index in [2.05, 4.69) is 16.5 Å². The number of rotatable bonds is 7. The lowest BCUT2D eigenvalue weighted by Gasteiger charge is -2.29. The van der Waals surface area contributed by atoms with Gasteiger partial charge in [-0.3, -0.25) is 0 Å². The smallest absolute Gasteiger partial charge is 0.211 e. The van der Waals surface area contributed by atoms with Gasteiger partial charge in [-0.05, 0) is 38.3 Å². The van der Waals surface area contributed by atoms with E-state index in [0.29, 0.717) is 18.9 Å². The fourth-order valence-electron chi connectivity index (χ4n) is 2.26. The molecule has 1 aliphatic heterocycles. The van der Waals surface area contributed by atoms with Gasteiger partial charge in [0, 0.05) is 13.1 Å². The van der Waals surface area contributed by atoms with Gasteiger partial charge in [-0.15, -0.1) is 0 Å². The van der Waals surface area contributed by atoms with Gasteiger partial charge in [0.15, 0.2) is 0 Å². The van der Waals surface area contributed by atoms with Crippen LogP contribution in [0.3, 0.4) is 0 Å². The topological polar surface area (TPSA) is 49.4 Å². The third kappa shape index (κ3) is 6.38. The van der Waals surface area contributed by atoms with Crippen LogP contribution in [0.5, 0.6) is 0 Å². The number of piperidine rings is 1. The predicted molar refractivity (Wildman–Crippen MR) is 71.5 cm³/mol. The minimum absolute atomic E-state index is 0.240. The molecule has 1 atom stereocenters. The van der Waals surface area contributed by atoms with Crippen molar-refractivity contribution in [1.82, 2.24) is 9.62 Å². The maximum atomic E-state index is 11.5. The molecular weight excluding hydrogens is 236 g/mol. The molecule has 0 saturated carbocycles. The van der Waals surface area contributed by atoms with Gasteiger partial charge >= 0.3 is 0 Å². The highest BCUT2D eigenvalue weighted by Crippen LogP contribution is 2.10. The van der Waals surface area contributed by atoms with Gasteiger partial charge in [0.1, 0.15) is 0 Å². The first-order chi connectivity index (χ1) is 8.03. The van der Waals surface area contributed by atoms with Gasteiger partial charge < -0.3 is 4.90 Å². The molecule has 1 N–H and O–H groups in total. The van der Waals surface area contributed by atoms with Crippen LogP contribution in [-0.4, -0.2) is 45.2 Å². The predicted octanol–water partition coefficient (Wildman–Crippen LogP) is 1.44. The number of hydrogen-bond donors (Lipinski definition) is 1. The highest BCUT2D eigenvalue weighted by atomic mass is 32.2. The molecule has 0 bridgehead atoms. The number of nitrogens with zero attached hydrogens (tertiary/aromatic N) is 1. The van der Waals surface area contributed by atoms with Gasteiger partial charge in [-0.1, -0.05) is 20.3 Å². The zero-order valence-electron chi connectivity index (χ0n) is 11.1. The molecule has 0 amide bonds. The molecule has 102 valence electrons. The summed E-state index contributed by atoms with van der Waals surface area (Å²) < 4.78 is 25.7. The highest BCUT2D eigenvalue weighted by molar-refractivity contribution is 7.89. The van der Waals surface area contributed by atoms with Crippen LogP contribution in [0.15, 0.2) is 0 Å². The molecule has 5 heteroatoms. The Morgan fingerprint density at radius 3 is 2.47 bits per heavy atom. The maximum Gasteiger partial charge on any atom is 0.211 e. The van der Waals surface area contributed by atoms with Crippen LogP contribution >= 0.6 is 0 Å². The Morgan fingerprint density at radius 1 is 1.24 bits per heavy atom. The lowest BCUT2D eigenvalue weighted by molar-refractivity contribution is 0.201. The zero-order chi connectivity index (χ0) is 12.7.